The van der Waals surface area contributed by atoms with Crippen molar-refractivity contribution in [1.82, 2.24) is 0 Å². The Labute approximate surface area is 106 Å². The second-order valence-electron chi connectivity index (χ2n) is 4.56. The summed E-state index contributed by atoms with van der Waals surface area (Å²) in [5, 5.41) is 5.81. The van der Waals surface area contributed by atoms with Crippen molar-refractivity contribution in [1.29, 1.82) is 0 Å². The van der Waals surface area contributed by atoms with Crippen LogP contribution in [0, 0.1) is 0 Å². The van der Waals surface area contributed by atoms with Crippen LogP contribution in [0.15, 0.2) is 29.2 Å². The highest BCUT2D eigenvalue weighted by atomic mass is 32.2. The fraction of sp³-hybridized carbons (Fsp3) is 0.500. The Morgan fingerprint density at radius 3 is 2.75 bits per heavy atom. The molecule has 4 heteroatoms. The molecular weight excluding hydrogens is 236 g/mol. The zero-order valence-corrected chi connectivity index (χ0v) is 11.6. The van der Waals surface area contributed by atoms with E-state index in [2.05, 4.69) is 49.9 Å². The van der Waals surface area contributed by atoms with E-state index in [1.54, 1.807) is 0 Å². The summed E-state index contributed by atoms with van der Waals surface area (Å²) in [7, 11) is 0. The molecule has 0 radical (unpaired) electrons. The van der Waals surface area contributed by atoms with E-state index in [4.69, 9.17) is 5.14 Å². The van der Waals surface area contributed by atoms with Gasteiger partial charge >= 0.3 is 0 Å². The van der Waals surface area contributed by atoms with E-state index in [1.807, 2.05) is 11.8 Å². The molecule has 1 aliphatic heterocycles. The van der Waals surface area contributed by atoms with Crippen molar-refractivity contribution in [3.63, 3.8) is 0 Å². The molecule has 16 heavy (non-hydrogen) atoms. The van der Waals surface area contributed by atoms with E-state index >= 15 is 0 Å². The number of nitrogens with two attached hydrogens (primary N) is 1. The highest BCUT2D eigenvalue weighted by Gasteiger charge is 2.38. The number of benzene rings is 1. The first-order chi connectivity index (χ1) is 7.60. The lowest BCUT2D eigenvalue weighted by molar-refractivity contribution is 0.460. The number of nitrogens with zero attached hydrogens (tertiary/aromatic N) is 1. The Balaban J connectivity index is 2.42. The molecule has 0 bridgehead atoms. The van der Waals surface area contributed by atoms with Crippen LogP contribution < -0.4 is 10.0 Å². The summed E-state index contributed by atoms with van der Waals surface area (Å²) in [4.78, 5) is 3.78. The first-order valence-electron chi connectivity index (χ1n) is 5.50. The van der Waals surface area contributed by atoms with Crippen molar-refractivity contribution in [2.75, 3.05) is 4.90 Å². The molecule has 0 fully saturated rings. The van der Waals surface area contributed by atoms with Crippen LogP contribution in [0.5, 0.6) is 0 Å². The molecule has 0 amide bonds. The Hall–Kier alpha value is -0.320. The van der Waals surface area contributed by atoms with Crippen LogP contribution in [0.2, 0.25) is 0 Å². The van der Waals surface area contributed by atoms with Gasteiger partial charge in [0.05, 0.1) is 5.69 Å². The summed E-state index contributed by atoms with van der Waals surface area (Å²) in [6, 6.07) is 8.55. The summed E-state index contributed by atoms with van der Waals surface area (Å²) >= 11 is 3.28. The molecule has 0 aliphatic carbocycles. The van der Waals surface area contributed by atoms with Gasteiger partial charge < -0.3 is 4.90 Å². The number of hydrogen-bond donors (Lipinski definition) is 1. The zero-order valence-electron chi connectivity index (χ0n) is 9.93. The molecule has 2 N–H and O–H groups in total. The van der Waals surface area contributed by atoms with Gasteiger partial charge in [0, 0.05) is 10.4 Å². The average Bonchev–Trinajstić information content (AvgIpc) is 2.67. The minimum absolute atomic E-state index is 0.149. The van der Waals surface area contributed by atoms with E-state index < -0.39 is 0 Å². The Bertz CT molecular complexity index is 379. The summed E-state index contributed by atoms with van der Waals surface area (Å²) in [5.41, 5.74) is 1.47. The van der Waals surface area contributed by atoms with Crippen LogP contribution in [-0.2, 0) is 0 Å². The monoisotopic (exact) mass is 254 g/mol. The van der Waals surface area contributed by atoms with Gasteiger partial charge in [0.2, 0.25) is 0 Å². The molecule has 88 valence electrons. The minimum atomic E-state index is 0.149. The Morgan fingerprint density at radius 1 is 1.44 bits per heavy atom. The van der Waals surface area contributed by atoms with Crippen LogP contribution in [0.3, 0.4) is 0 Å². The number of para-hydroxylation sites is 1. The summed E-state index contributed by atoms with van der Waals surface area (Å²) in [6.45, 7) is 6.78. The third kappa shape index (κ3) is 1.94. The van der Waals surface area contributed by atoms with Crippen LogP contribution in [0.4, 0.5) is 5.69 Å². The van der Waals surface area contributed by atoms with Gasteiger partial charge in [0.25, 0.3) is 0 Å². The van der Waals surface area contributed by atoms with Crippen molar-refractivity contribution in [2.45, 2.75) is 42.3 Å². The summed E-state index contributed by atoms with van der Waals surface area (Å²) < 4.78 is 0.298. The number of rotatable bonds is 3. The van der Waals surface area contributed by atoms with E-state index in [0.29, 0.717) is 4.71 Å². The first kappa shape index (κ1) is 12.1. The fourth-order valence-corrected chi connectivity index (χ4v) is 4.12. The maximum absolute atomic E-state index is 5.81. The molecule has 1 atom stereocenters. The Kier molecular flexibility index (Phi) is 3.42. The highest BCUT2D eigenvalue weighted by Crippen LogP contribution is 2.49. The number of hydrogen-bond acceptors (Lipinski definition) is 4. The largest absolute Gasteiger partial charge is 0.343 e. The smallest absolute Gasteiger partial charge is 0.141 e. The van der Waals surface area contributed by atoms with E-state index in [-0.39, 0.29) is 5.54 Å². The van der Waals surface area contributed by atoms with E-state index in [0.717, 1.165) is 6.42 Å². The first-order valence-corrected chi connectivity index (χ1v) is 7.33. The standard InChI is InChI=1S/C12H18N2S2/c1-4-12(2,3)14-9-7-5-6-8-10(9)15-11(14)16-13/h5-8,11H,4,13H2,1-3H3. The predicted octanol–water partition coefficient (Wildman–Crippen LogP) is 3.68. The number of thioether (sulfide) groups is 1. The van der Waals surface area contributed by atoms with Crippen LogP contribution in [0.25, 0.3) is 0 Å². The molecule has 0 saturated heterocycles. The van der Waals surface area contributed by atoms with Crippen LogP contribution in [0.1, 0.15) is 27.2 Å². The van der Waals surface area contributed by atoms with Crippen LogP contribution in [-0.4, -0.2) is 10.2 Å². The van der Waals surface area contributed by atoms with Crippen molar-refractivity contribution < 1.29 is 0 Å². The molecule has 1 aromatic rings. The molecule has 1 aliphatic rings. The Morgan fingerprint density at radius 2 is 2.12 bits per heavy atom. The SMILES string of the molecule is CCC(C)(C)N1c2ccccc2SC1SN. The molecule has 0 spiro atoms. The van der Waals surface area contributed by atoms with Gasteiger partial charge in [-0.15, -0.1) is 0 Å². The second-order valence-corrected chi connectivity index (χ2v) is 6.70. The van der Waals surface area contributed by atoms with Gasteiger partial charge in [0.1, 0.15) is 4.71 Å². The van der Waals surface area contributed by atoms with E-state index in [1.165, 1.54) is 22.5 Å². The third-order valence-electron chi connectivity index (χ3n) is 3.20. The lowest BCUT2D eigenvalue weighted by Gasteiger charge is -2.40. The van der Waals surface area contributed by atoms with Crippen molar-refractivity contribution in [3.8, 4) is 0 Å². The topological polar surface area (TPSA) is 29.3 Å². The van der Waals surface area contributed by atoms with Crippen LogP contribution >= 0.6 is 23.7 Å². The van der Waals surface area contributed by atoms with Crippen molar-refractivity contribution in [2.24, 2.45) is 5.14 Å². The van der Waals surface area contributed by atoms with Crippen molar-refractivity contribution >= 4 is 29.4 Å². The average molecular weight is 254 g/mol. The lowest BCUT2D eigenvalue weighted by Crippen LogP contribution is -2.46. The maximum atomic E-state index is 5.81. The van der Waals surface area contributed by atoms with Gasteiger partial charge in [-0.25, -0.2) is 0 Å². The van der Waals surface area contributed by atoms with Gasteiger partial charge in [-0.3, -0.25) is 5.14 Å². The summed E-state index contributed by atoms with van der Waals surface area (Å²) in [5.74, 6) is 0. The molecule has 2 rings (SSSR count). The quantitative estimate of drug-likeness (QED) is 0.833. The maximum Gasteiger partial charge on any atom is 0.141 e. The second kappa shape index (κ2) is 4.51. The third-order valence-corrected chi connectivity index (χ3v) is 5.27. The molecule has 1 unspecified atom stereocenters. The van der Waals surface area contributed by atoms with Gasteiger partial charge in [-0.2, -0.15) is 0 Å². The van der Waals surface area contributed by atoms with Gasteiger partial charge in [-0.05, 0) is 44.3 Å². The molecular formula is C12H18N2S2. The molecule has 1 aromatic carbocycles. The number of anilines is 1. The van der Waals surface area contributed by atoms with E-state index in [9.17, 15) is 0 Å². The number of fused-ring (bicyclic) bond motifs is 1. The molecule has 0 aromatic heterocycles. The van der Waals surface area contributed by atoms with Gasteiger partial charge in [0.15, 0.2) is 0 Å². The summed E-state index contributed by atoms with van der Waals surface area (Å²) in [6.07, 6.45) is 1.11. The minimum Gasteiger partial charge on any atom is -0.343 e. The predicted molar refractivity (Wildman–Crippen MR) is 74.7 cm³/mol. The van der Waals surface area contributed by atoms with Crippen molar-refractivity contribution in [3.05, 3.63) is 24.3 Å². The normalized spacial score (nSPS) is 20.0. The molecule has 2 nitrogen and oxygen atoms in total. The zero-order chi connectivity index (χ0) is 11.8. The fourth-order valence-electron chi connectivity index (χ4n) is 1.90. The lowest BCUT2D eigenvalue weighted by atomic mass is 9.99. The molecule has 1 heterocycles. The highest BCUT2D eigenvalue weighted by molar-refractivity contribution is 8.16. The molecule has 0 saturated carbocycles. The van der Waals surface area contributed by atoms with Gasteiger partial charge in [-0.1, -0.05) is 30.8 Å².